The lowest BCUT2D eigenvalue weighted by Crippen LogP contribution is -2.30. The number of rotatable bonds is 6. The van der Waals surface area contributed by atoms with E-state index in [1.54, 1.807) is 10.7 Å². The van der Waals surface area contributed by atoms with Crippen LogP contribution < -0.4 is 5.32 Å². The predicted octanol–water partition coefficient (Wildman–Crippen LogP) is 4.89. The predicted molar refractivity (Wildman–Crippen MR) is 140 cm³/mol. The highest BCUT2D eigenvalue weighted by Gasteiger charge is 2.29. The normalized spacial score (nSPS) is 15.9. The Hall–Kier alpha value is -4.05. The van der Waals surface area contributed by atoms with Gasteiger partial charge in [-0.05, 0) is 55.1 Å². The monoisotopic (exact) mass is 497 g/mol. The molecule has 0 bridgehead atoms. The number of hydrogen-bond donors (Lipinski definition) is 3. The van der Waals surface area contributed by atoms with Crippen LogP contribution in [0.3, 0.4) is 0 Å². The van der Waals surface area contributed by atoms with Gasteiger partial charge in [0, 0.05) is 43.2 Å². The summed E-state index contributed by atoms with van der Waals surface area (Å²) < 4.78 is 17.0. The fourth-order valence-corrected chi connectivity index (χ4v) is 5.29. The second-order valence-corrected chi connectivity index (χ2v) is 9.96. The molecule has 3 aromatic heterocycles. The molecule has 0 spiro atoms. The van der Waals surface area contributed by atoms with Crippen molar-refractivity contribution < 1.29 is 4.39 Å². The quantitative estimate of drug-likeness (QED) is 0.309. The van der Waals surface area contributed by atoms with Gasteiger partial charge in [-0.25, -0.2) is 14.1 Å². The minimum atomic E-state index is -0.348. The van der Waals surface area contributed by atoms with Gasteiger partial charge in [0.05, 0.1) is 28.7 Å². The van der Waals surface area contributed by atoms with Crippen LogP contribution >= 0.6 is 0 Å². The number of aromatic nitrogens is 7. The molecule has 1 saturated carbocycles. The van der Waals surface area contributed by atoms with Crippen molar-refractivity contribution in [1.82, 2.24) is 39.8 Å². The summed E-state index contributed by atoms with van der Waals surface area (Å²) in [6, 6.07) is 9.17. The first-order chi connectivity index (χ1) is 18.1. The smallest absolute Gasteiger partial charge is 0.225 e. The summed E-state index contributed by atoms with van der Waals surface area (Å²) in [7, 11) is 1.84. The molecule has 1 aliphatic carbocycles. The zero-order chi connectivity index (χ0) is 25.1. The van der Waals surface area contributed by atoms with Crippen LogP contribution in [-0.2, 0) is 20.0 Å². The molecule has 0 atom stereocenters. The molecule has 188 valence electrons. The van der Waals surface area contributed by atoms with Gasteiger partial charge in [-0.3, -0.25) is 10.00 Å². The maximum Gasteiger partial charge on any atom is 0.225 e. The van der Waals surface area contributed by atoms with Crippen LogP contribution in [0.15, 0.2) is 36.5 Å². The molecular formula is C27H28FN9. The largest absolute Gasteiger partial charge is 0.340 e. The Bertz CT molecular complexity index is 1620. The summed E-state index contributed by atoms with van der Waals surface area (Å²) in [5.41, 5.74) is 6.47. The van der Waals surface area contributed by atoms with E-state index in [4.69, 9.17) is 4.98 Å². The van der Waals surface area contributed by atoms with E-state index in [1.165, 1.54) is 24.5 Å². The zero-order valence-corrected chi connectivity index (χ0v) is 20.8. The Kier molecular flexibility index (Phi) is 5.10. The molecule has 2 aliphatic rings. The second kappa shape index (κ2) is 8.52. The lowest BCUT2D eigenvalue weighted by atomic mass is 10.0. The number of likely N-dealkylation sites (N-methyl/N-ethyl adjacent to an activating group) is 1. The van der Waals surface area contributed by atoms with Crippen LogP contribution in [0.2, 0.25) is 0 Å². The van der Waals surface area contributed by atoms with Crippen LogP contribution in [0.4, 0.5) is 16.0 Å². The van der Waals surface area contributed by atoms with Crippen molar-refractivity contribution in [2.24, 2.45) is 7.05 Å². The average molecular weight is 498 g/mol. The summed E-state index contributed by atoms with van der Waals surface area (Å²) in [5.74, 6) is 1.81. The van der Waals surface area contributed by atoms with Crippen molar-refractivity contribution in [3.8, 4) is 22.8 Å². The number of halogens is 1. The van der Waals surface area contributed by atoms with E-state index in [0.29, 0.717) is 34.6 Å². The minimum Gasteiger partial charge on any atom is -0.340 e. The van der Waals surface area contributed by atoms with Gasteiger partial charge >= 0.3 is 0 Å². The lowest BCUT2D eigenvalue weighted by molar-refractivity contribution is 0.264. The fourth-order valence-electron chi connectivity index (χ4n) is 5.29. The molecule has 1 fully saturated rings. The fraction of sp³-hybridized carbons (Fsp3) is 0.333. The zero-order valence-electron chi connectivity index (χ0n) is 20.8. The van der Waals surface area contributed by atoms with Gasteiger partial charge in [0.15, 0.2) is 5.82 Å². The van der Waals surface area contributed by atoms with Gasteiger partial charge in [0.25, 0.3) is 0 Å². The van der Waals surface area contributed by atoms with Crippen molar-refractivity contribution in [3.05, 3.63) is 59.3 Å². The molecule has 37 heavy (non-hydrogen) atoms. The molecule has 10 heteroatoms. The number of fused-ring (bicyclic) bond motifs is 2. The summed E-state index contributed by atoms with van der Waals surface area (Å²) in [6.45, 7) is 4.94. The number of aryl methyl sites for hydroxylation is 1. The van der Waals surface area contributed by atoms with Gasteiger partial charge < -0.3 is 10.3 Å². The molecule has 3 N–H and O–H groups in total. The topological polar surface area (TPSA) is 103 Å². The summed E-state index contributed by atoms with van der Waals surface area (Å²) in [6.07, 6.45) is 5.10. The number of nitrogens with zero attached hydrogens (tertiary/aromatic N) is 6. The van der Waals surface area contributed by atoms with Gasteiger partial charge in [0.1, 0.15) is 11.6 Å². The first-order valence-corrected chi connectivity index (χ1v) is 12.8. The standard InChI is InChI=1S/C27H28FN9/c1-3-37-11-10-21-23(14-37)31-26(30-21)17-7-6-16(12-19(17)28)25-33-27(36(2)35-25)32-22-9-8-20-18(13-29-34-20)24(22)15-4-5-15/h6-9,12-13,15H,3-5,10-11,14H2,1-2H3,(H,29,34)(H,30,31)(H,32,33,35). The van der Waals surface area contributed by atoms with Crippen molar-refractivity contribution in [3.63, 3.8) is 0 Å². The van der Waals surface area contributed by atoms with Crippen LogP contribution in [0.25, 0.3) is 33.7 Å². The van der Waals surface area contributed by atoms with Gasteiger partial charge in [0.2, 0.25) is 5.95 Å². The Morgan fingerprint density at radius 3 is 2.86 bits per heavy atom. The van der Waals surface area contributed by atoms with Crippen molar-refractivity contribution in [2.45, 2.75) is 38.6 Å². The van der Waals surface area contributed by atoms with Crippen LogP contribution in [0, 0.1) is 5.82 Å². The first kappa shape index (κ1) is 22.2. The third-order valence-electron chi connectivity index (χ3n) is 7.50. The number of H-pyrrole nitrogens is 2. The molecule has 0 unspecified atom stereocenters. The Labute approximate surface area is 213 Å². The molecule has 4 heterocycles. The number of anilines is 2. The number of imidazole rings is 1. The van der Waals surface area contributed by atoms with Gasteiger partial charge in [-0.2, -0.15) is 10.1 Å². The van der Waals surface area contributed by atoms with Crippen LogP contribution in [0.1, 0.15) is 42.6 Å². The van der Waals surface area contributed by atoms with E-state index < -0.39 is 0 Å². The van der Waals surface area contributed by atoms with E-state index in [1.807, 2.05) is 25.4 Å². The first-order valence-electron chi connectivity index (χ1n) is 12.8. The number of nitrogens with one attached hydrogen (secondary N) is 3. The third kappa shape index (κ3) is 3.88. The maximum atomic E-state index is 15.3. The molecule has 0 saturated heterocycles. The van der Waals surface area contributed by atoms with E-state index in [-0.39, 0.29) is 5.82 Å². The van der Waals surface area contributed by atoms with Crippen LogP contribution in [0.5, 0.6) is 0 Å². The number of aromatic amines is 2. The molecule has 0 amide bonds. The highest BCUT2D eigenvalue weighted by atomic mass is 19.1. The Morgan fingerprint density at radius 2 is 2.05 bits per heavy atom. The summed E-state index contributed by atoms with van der Waals surface area (Å²) in [4.78, 5) is 15.1. The van der Waals surface area contributed by atoms with E-state index in [0.717, 1.165) is 54.0 Å². The molecule has 0 radical (unpaired) electrons. The summed E-state index contributed by atoms with van der Waals surface area (Å²) >= 11 is 0. The van der Waals surface area contributed by atoms with Crippen molar-refractivity contribution in [1.29, 1.82) is 0 Å². The SMILES string of the molecule is CCN1CCc2nc(-c3ccc(-c4nc(Nc5ccc6[nH]ncc6c5C5CC5)n(C)n4)cc3F)[nH]c2C1. The molecule has 2 aromatic carbocycles. The molecule has 1 aliphatic heterocycles. The highest BCUT2D eigenvalue weighted by Crippen LogP contribution is 2.47. The number of benzene rings is 2. The Balaban J connectivity index is 1.17. The summed E-state index contributed by atoms with van der Waals surface area (Å²) in [5, 5.41) is 16.4. The lowest BCUT2D eigenvalue weighted by Gasteiger charge is -2.23. The van der Waals surface area contributed by atoms with Gasteiger partial charge in [-0.1, -0.05) is 13.0 Å². The Morgan fingerprint density at radius 1 is 1.16 bits per heavy atom. The maximum absolute atomic E-state index is 15.3. The van der Waals surface area contributed by atoms with Gasteiger partial charge in [-0.15, -0.1) is 5.10 Å². The molecule has 5 aromatic rings. The molecule has 7 rings (SSSR count). The average Bonchev–Trinajstić information content (AvgIpc) is 3.29. The molecule has 9 nitrogen and oxygen atoms in total. The molecular weight excluding hydrogens is 469 g/mol. The number of hydrogen-bond acceptors (Lipinski definition) is 6. The third-order valence-corrected chi connectivity index (χ3v) is 7.50. The minimum absolute atomic E-state index is 0.348. The van der Waals surface area contributed by atoms with E-state index in [9.17, 15) is 0 Å². The van der Waals surface area contributed by atoms with E-state index in [2.05, 4.69) is 48.5 Å². The van der Waals surface area contributed by atoms with E-state index >= 15 is 4.39 Å². The van der Waals surface area contributed by atoms with Crippen LogP contribution in [-0.4, -0.2) is 52.9 Å². The highest BCUT2D eigenvalue weighted by molar-refractivity contribution is 5.89. The second-order valence-electron chi connectivity index (χ2n) is 9.96. The van der Waals surface area contributed by atoms with Crippen molar-refractivity contribution in [2.75, 3.05) is 18.4 Å². The van der Waals surface area contributed by atoms with Crippen molar-refractivity contribution >= 4 is 22.5 Å².